The van der Waals surface area contributed by atoms with Crippen LogP contribution in [0.5, 0.6) is 0 Å². The molecule has 0 unspecified atom stereocenters. The van der Waals surface area contributed by atoms with E-state index >= 15 is 0 Å². The number of halogens is 1. The molecule has 0 bridgehead atoms. The van der Waals surface area contributed by atoms with Gasteiger partial charge in [0.25, 0.3) is 0 Å². The molecule has 0 aliphatic carbocycles. The van der Waals surface area contributed by atoms with E-state index in [9.17, 15) is 14.0 Å². The summed E-state index contributed by atoms with van der Waals surface area (Å²) in [5, 5.41) is 11.2. The number of hydrogen-bond acceptors (Lipinski definition) is 5. The highest BCUT2D eigenvalue weighted by molar-refractivity contribution is 5.89. The predicted molar refractivity (Wildman–Crippen MR) is 128 cm³/mol. The van der Waals surface area contributed by atoms with Crippen molar-refractivity contribution in [1.82, 2.24) is 25.2 Å². The van der Waals surface area contributed by atoms with Crippen LogP contribution in [-0.4, -0.2) is 38.3 Å². The third kappa shape index (κ3) is 5.92. The van der Waals surface area contributed by atoms with Crippen LogP contribution >= 0.6 is 0 Å². The summed E-state index contributed by atoms with van der Waals surface area (Å²) in [5.41, 5.74) is 1.87. The molecule has 0 aliphatic rings. The van der Waals surface area contributed by atoms with Crippen LogP contribution in [-0.2, 0) is 22.7 Å². The second kappa shape index (κ2) is 10.9. The zero-order chi connectivity index (χ0) is 24.8. The fourth-order valence-corrected chi connectivity index (χ4v) is 3.85. The van der Waals surface area contributed by atoms with Crippen LogP contribution in [0, 0.1) is 11.7 Å². The summed E-state index contributed by atoms with van der Waals surface area (Å²) in [5.74, 6) is -0.207. The minimum absolute atomic E-state index is 0.0537. The largest absolute Gasteiger partial charge is 0.467 e. The summed E-state index contributed by atoms with van der Waals surface area (Å²) in [6.45, 7) is 4.53. The van der Waals surface area contributed by atoms with Gasteiger partial charge in [0.05, 0.1) is 18.3 Å². The number of hydrogen-bond donors (Lipinski definition) is 1. The van der Waals surface area contributed by atoms with E-state index < -0.39 is 11.9 Å². The number of amides is 2. The number of aromatic nitrogens is 3. The maximum absolute atomic E-state index is 13.7. The van der Waals surface area contributed by atoms with E-state index in [0.29, 0.717) is 34.8 Å². The zero-order valence-corrected chi connectivity index (χ0v) is 19.7. The monoisotopic (exact) mass is 477 g/mol. The van der Waals surface area contributed by atoms with E-state index in [1.807, 2.05) is 24.3 Å². The van der Waals surface area contributed by atoms with E-state index in [4.69, 9.17) is 4.42 Å². The Morgan fingerprint density at radius 2 is 1.86 bits per heavy atom. The molecule has 8 nitrogen and oxygen atoms in total. The lowest BCUT2D eigenvalue weighted by Gasteiger charge is -2.31. The van der Waals surface area contributed by atoms with Crippen molar-refractivity contribution in [3.05, 3.63) is 84.1 Å². The van der Waals surface area contributed by atoms with E-state index in [1.165, 1.54) is 40.1 Å². The smallest absolute Gasteiger partial charge is 0.247 e. The molecule has 0 radical (unpaired) electrons. The number of nitrogens with one attached hydrogen (secondary N) is 1. The van der Waals surface area contributed by atoms with Crippen molar-refractivity contribution < 1.29 is 18.4 Å². The number of fused-ring (bicyclic) bond motifs is 1. The number of rotatable bonds is 10. The second-order valence-electron chi connectivity index (χ2n) is 8.76. The van der Waals surface area contributed by atoms with Crippen molar-refractivity contribution in [3.63, 3.8) is 0 Å². The highest BCUT2D eigenvalue weighted by atomic mass is 19.1. The molecule has 9 heteroatoms. The summed E-state index contributed by atoms with van der Waals surface area (Å²) >= 11 is 0. The van der Waals surface area contributed by atoms with E-state index in [0.717, 1.165) is 6.42 Å². The van der Waals surface area contributed by atoms with Crippen LogP contribution in [0.4, 0.5) is 4.39 Å². The molecule has 0 saturated heterocycles. The van der Waals surface area contributed by atoms with Gasteiger partial charge in [-0.25, -0.2) is 9.07 Å². The van der Waals surface area contributed by atoms with Crippen LogP contribution in [0.1, 0.15) is 37.6 Å². The maximum atomic E-state index is 13.7. The number of furan rings is 1. The van der Waals surface area contributed by atoms with Gasteiger partial charge in [-0.15, -0.1) is 5.10 Å². The van der Waals surface area contributed by atoms with Gasteiger partial charge in [0.15, 0.2) is 0 Å². The van der Waals surface area contributed by atoms with Crippen molar-refractivity contribution in [3.8, 4) is 0 Å². The number of carbonyl (C=O) groups excluding carboxylic acids is 2. The van der Waals surface area contributed by atoms with Crippen LogP contribution in [0.2, 0.25) is 0 Å². The number of carbonyl (C=O) groups is 2. The molecule has 2 aromatic heterocycles. The van der Waals surface area contributed by atoms with Gasteiger partial charge in [-0.05, 0) is 54.3 Å². The fraction of sp³-hybridized carbons (Fsp3) is 0.308. The molecular formula is C26H28FN5O3. The Bertz CT molecular complexity index is 1270. The fourth-order valence-electron chi connectivity index (χ4n) is 3.85. The maximum Gasteiger partial charge on any atom is 0.247 e. The number of para-hydroxylation sites is 1. The molecule has 1 N–H and O–H groups in total. The molecule has 0 spiro atoms. The summed E-state index contributed by atoms with van der Waals surface area (Å²) in [6.07, 6.45) is 2.30. The number of benzene rings is 2. The minimum Gasteiger partial charge on any atom is -0.467 e. The summed E-state index contributed by atoms with van der Waals surface area (Å²) in [6, 6.07) is 15.4. The molecular weight excluding hydrogens is 449 g/mol. The summed E-state index contributed by atoms with van der Waals surface area (Å²) in [7, 11) is 0. The molecule has 0 saturated carbocycles. The Morgan fingerprint density at radius 3 is 2.57 bits per heavy atom. The van der Waals surface area contributed by atoms with Gasteiger partial charge >= 0.3 is 0 Å². The van der Waals surface area contributed by atoms with Crippen molar-refractivity contribution in [2.75, 3.05) is 6.54 Å². The minimum atomic E-state index is -0.991. The lowest BCUT2D eigenvalue weighted by molar-refractivity contribution is -0.142. The van der Waals surface area contributed by atoms with Crippen LogP contribution in [0.15, 0.2) is 71.3 Å². The first-order valence-electron chi connectivity index (χ1n) is 11.6. The summed E-state index contributed by atoms with van der Waals surface area (Å²) < 4.78 is 20.7. The lowest BCUT2D eigenvalue weighted by Crippen LogP contribution is -2.45. The van der Waals surface area contributed by atoms with E-state index in [-0.39, 0.29) is 24.9 Å². The first kappa shape index (κ1) is 24.1. The van der Waals surface area contributed by atoms with Gasteiger partial charge in [0.2, 0.25) is 11.8 Å². The quantitative estimate of drug-likeness (QED) is 0.371. The van der Waals surface area contributed by atoms with Crippen molar-refractivity contribution in [2.45, 2.75) is 39.4 Å². The normalized spacial score (nSPS) is 12.1. The van der Waals surface area contributed by atoms with Gasteiger partial charge in [0.1, 0.15) is 29.7 Å². The molecule has 182 valence electrons. The lowest BCUT2D eigenvalue weighted by atomic mass is 10.0. The first-order valence-corrected chi connectivity index (χ1v) is 11.6. The van der Waals surface area contributed by atoms with Crippen molar-refractivity contribution >= 4 is 22.8 Å². The molecule has 2 aromatic carbocycles. The predicted octanol–water partition coefficient (Wildman–Crippen LogP) is 4.10. The van der Waals surface area contributed by atoms with E-state index in [2.05, 4.69) is 29.5 Å². The van der Waals surface area contributed by atoms with Gasteiger partial charge in [-0.1, -0.05) is 43.3 Å². The molecule has 0 fully saturated rings. The van der Waals surface area contributed by atoms with Crippen molar-refractivity contribution in [1.29, 1.82) is 0 Å². The van der Waals surface area contributed by atoms with Crippen LogP contribution in [0.25, 0.3) is 11.0 Å². The SMILES string of the molecule is CC(C)CCNC(=O)[C@H](c1ccc(F)cc1)N(Cc1ccco1)C(=O)Cn1nnc2ccccc21. The average molecular weight is 478 g/mol. The topological polar surface area (TPSA) is 93.3 Å². The first-order chi connectivity index (χ1) is 16.9. The molecule has 0 aliphatic heterocycles. The standard InChI is InChI=1S/C26H28FN5O3/c1-18(2)13-14-28-26(34)25(19-9-11-20(27)12-10-19)31(16-21-6-5-15-35-21)24(33)17-32-23-8-4-3-7-22(23)29-30-32/h3-12,15,18,25H,13-14,16-17H2,1-2H3,(H,28,34)/t25-/m0/s1. The highest BCUT2D eigenvalue weighted by Gasteiger charge is 2.32. The highest BCUT2D eigenvalue weighted by Crippen LogP contribution is 2.25. The Balaban J connectivity index is 1.68. The summed E-state index contributed by atoms with van der Waals surface area (Å²) in [4.78, 5) is 28.6. The van der Waals surface area contributed by atoms with Gasteiger partial charge in [-0.2, -0.15) is 0 Å². The Labute approximate surface area is 202 Å². The number of nitrogens with zero attached hydrogens (tertiary/aromatic N) is 4. The second-order valence-corrected chi connectivity index (χ2v) is 8.76. The van der Waals surface area contributed by atoms with Gasteiger partial charge in [0, 0.05) is 6.54 Å². The molecule has 4 rings (SSSR count). The van der Waals surface area contributed by atoms with Crippen molar-refractivity contribution in [2.24, 2.45) is 5.92 Å². The zero-order valence-electron chi connectivity index (χ0n) is 19.7. The third-order valence-corrected chi connectivity index (χ3v) is 5.70. The van der Waals surface area contributed by atoms with Crippen LogP contribution < -0.4 is 5.32 Å². The van der Waals surface area contributed by atoms with Gasteiger partial charge in [-0.3, -0.25) is 9.59 Å². The molecule has 1 atom stereocenters. The Kier molecular flexibility index (Phi) is 7.54. The molecule has 2 heterocycles. The Morgan fingerprint density at radius 1 is 1.09 bits per heavy atom. The molecule has 2 amide bonds. The van der Waals surface area contributed by atoms with E-state index in [1.54, 1.807) is 12.1 Å². The average Bonchev–Trinajstić information content (AvgIpc) is 3.50. The van der Waals surface area contributed by atoms with Crippen LogP contribution in [0.3, 0.4) is 0 Å². The molecule has 4 aromatic rings. The van der Waals surface area contributed by atoms with Gasteiger partial charge < -0.3 is 14.6 Å². The third-order valence-electron chi connectivity index (χ3n) is 5.70. The Hall–Kier alpha value is -4.01. The molecule has 35 heavy (non-hydrogen) atoms.